The zero-order valence-electron chi connectivity index (χ0n) is 23.7. The second kappa shape index (κ2) is 13.4. The van der Waals surface area contributed by atoms with Crippen molar-refractivity contribution in [3.8, 4) is 10.4 Å². The van der Waals surface area contributed by atoms with Gasteiger partial charge in [0.05, 0.1) is 28.1 Å². The lowest BCUT2D eigenvalue weighted by Crippen LogP contribution is -2.52. The second-order valence-corrected chi connectivity index (χ2v) is 12.5. The summed E-state index contributed by atoms with van der Waals surface area (Å²) in [5.74, 6) is -3.37. The molecule has 11 heteroatoms. The highest BCUT2D eigenvalue weighted by molar-refractivity contribution is 7.13. The molecule has 0 radical (unpaired) electrons. The summed E-state index contributed by atoms with van der Waals surface area (Å²) < 4.78 is 0. The van der Waals surface area contributed by atoms with Crippen LogP contribution in [-0.4, -0.2) is 57.3 Å². The fourth-order valence-corrected chi connectivity index (χ4v) is 6.24. The van der Waals surface area contributed by atoms with E-state index in [-0.39, 0.29) is 37.7 Å². The van der Waals surface area contributed by atoms with Crippen LogP contribution in [-0.2, 0) is 25.7 Å². The van der Waals surface area contributed by atoms with Gasteiger partial charge >= 0.3 is 0 Å². The minimum atomic E-state index is -0.866. The van der Waals surface area contributed by atoms with Crippen molar-refractivity contribution in [3.63, 3.8) is 0 Å². The lowest BCUT2D eigenvalue weighted by atomic mass is 9.70. The fourth-order valence-electron chi connectivity index (χ4n) is 5.43. The third-order valence-corrected chi connectivity index (χ3v) is 8.43. The standard InChI is InChI=1S/C29H41N5O5S/c1-17-25(40-16-33-17)19-11-9-18(10-12-19)14-32-27(38)22-13-20(35)15-34(22)28(39)24(29(2,3)4)21(26(31)37)7-5-6-8-23(30)36/h9-12,16,20-22,24,35H,5-8,13-15H2,1-4H3,(H2,30,36)(H2,31,37)(H,32,38)/t20-,21?,22+,24-/m1/s1. The minimum absolute atomic E-state index is 0.000442. The van der Waals surface area contributed by atoms with Gasteiger partial charge in [0, 0.05) is 31.8 Å². The molecule has 2 heterocycles. The van der Waals surface area contributed by atoms with Crippen molar-refractivity contribution in [2.45, 2.75) is 78.5 Å². The molecule has 1 unspecified atom stereocenters. The summed E-state index contributed by atoms with van der Waals surface area (Å²) in [5.41, 5.74) is 15.1. The molecule has 3 rings (SSSR count). The molecular weight excluding hydrogens is 530 g/mol. The SMILES string of the molecule is Cc1ncsc1-c1ccc(CNC(=O)[C@@H]2C[C@@H](O)CN2C(=O)[C@@H](C(CCCCC(N)=O)C(N)=O)C(C)(C)C)cc1. The van der Waals surface area contributed by atoms with Crippen LogP contribution in [0.15, 0.2) is 29.8 Å². The van der Waals surface area contributed by atoms with Gasteiger partial charge in [-0.25, -0.2) is 4.98 Å². The third-order valence-electron chi connectivity index (χ3n) is 7.45. The van der Waals surface area contributed by atoms with Crippen molar-refractivity contribution in [1.82, 2.24) is 15.2 Å². The first-order chi connectivity index (χ1) is 18.8. The summed E-state index contributed by atoms with van der Waals surface area (Å²) in [6.45, 7) is 7.79. The van der Waals surface area contributed by atoms with Crippen molar-refractivity contribution in [2.24, 2.45) is 28.7 Å². The molecule has 0 bridgehead atoms. The molecule has 10 nitrogen and oxygen atoms in total. The molecule has 1 fully saturated rings. The predicted octanol–water partition coefficient (Wildman–Crippen LogP) is 2.51. The fraction of sp³-hybridized carbons (Fsp3) is 0.552. The maximum absolute atomic E-state index is 13.9. The van der Waals surface area contributed by atoms with Crippen LogP contribution in [0.3, 0.4) is 0 Å². The van der Waals surface area contributed by atoms with E-state index in [9.17, 15) is 24.3 Å². The summed E-state index contributed by atoms with van der Waals surface area (Å²) in [6, 6.07) is 6.98. The zero-order chi connectivity index (χ0) is 29.6. The number of aliphatic hydroxyl groups excluding tert-OH is 1. The molecule has 0 saturated carbocycles. The summed E-state index contributed by atoms with van der Waals surface area (Å²) in [4.78, 5) is 57.6. The van der Waals surface area contributed by atoms with Gasteiger partial charge in [-0.1, -0.05) is 51.5 Å². The number of amides is 4. The van der Waals surface area contributed by atoms with Gasteiger partial charge in [-0.2, -0.15) is 0 Å². The molecule has 1 aliphatic rings. The average molecular weight is 572 g/mol. The van der Waals surface area contributed by atoms with Crippen LogP contribution in [0, 0.1) is 24.2 Å². The topological polar surface area (TPSA) is 169 Å². The van der Waals surface area contributed by atoms with E-state index in [2.05, 4.69) is 10.3 Å². The highest BCUT2D eigenvalue weighted by atomic mass is 32.1. The van der Waals surface area contributed by atoms with Gasteiger partial charge in [-0.05, 0) is 36.3 Å². The van der Waals surface area contributed by atoms with E-state index in [1.54, 1.807) is 11.3 Å². The highest BCUT2D eigenvalue weighted by Crippen LogP contribution is 2.38. The van der Waals surface area contributed by atoms with Crippen LogP contribution in [0.4, 0.5) is 0 Å². The second-order valence-electron chi connectivity index (χ2n) is 11.6. The summed E-state index contributed by atoms with van der Waals surface area (Å²) >= 11 is 1.57. The molecule has 0 aliphatic carbocycles. The van der Waals surface area contributed by atoms with Crippen molar-refractivity contribution in [3.05, 3.63) is 41.0 Å². The van der Waals surface area contributed by atoms with Gasteiger partial charge < -0.3 is 26.8 Å². The van der Waals surface area contributed by atoms with E-state index in [0.717, 1.165) is 21.7 Å². The number of primary amides is 2. The van der Waals surface area contributed by atoms with Crippen LogP contribution >= 0.6 is 11.3 Å². The van der Waals surface area contributed by atoms with Crippen molar-refractivity contribution in [2.75, 3.05) is 6.54 Å². The number of aromatic nitrogens is 1. The van der Waals surface area contributed by atoms with Crippen molar-refractivity contribution >= 4 is 35.0 Å². The minimum Gasteiger partial charge on any atom is -0.391 e. The monoisotopic (exact) mass is 571 g/mol. The molecule has 0 spiro atoms. The third kappa shape index (κ3) is 7.88. The summed E-state index contributed by atoms with van der Waals surface area (Å²) in [5, 5.41) is 13.3. The van der Waals surface area contributed by atoms with Crippen LogP contribution in [0.2, 0.25) is 0 Å². The number of aliphatic hydroxyl groups is 1. The number of carbonyl (C=O) groups is 4. The van der Waals surface area contributed by atoms with Gasteiger partial charge in [-0.15, -0.1) is 11.3 Å². The number of hydrogen-bond donors (Lipinski definition) is 4. The van der Waals surface area contributed by atoms with Gasteiger partial charge in [-0.3, -0.25) is 19.2 Å². The van der Waals surface area contributed by atoms with Crippen LogP contribution in [0.5, 0.6) is 0 Å². The Balaban J connectivity index is 1.71. The highest BCUT2D eigenvalue weighted by Gasteiger charge is 2.47. The Morgan fingerprint density at radius 2 is 1.82 bits per heavy atom. The molecule has 40 heavy (non-hydrogen) atoms. The number of unbranched alkanes of at least 4 members (excludes halogenated alkanes) is 1. The van der Waals surface area contributed by atoms with E-state index >= 15 is 0 Å². The van der Waals surface area contributed by atoms with Gasteiger partial charge in [0.1, 0.15) is 6.04 Å². The maximum atomic E-state index is 13.9. The molecule has 1 aromatic heterocycles. The molecule has 4 amide bonds. The Morgan fingerprint density at radius 3 is 2.38 bits per heavy atom. The predicted molar refractivity (Wildman–Crippen MR) is 154 cm³/mol. The number of likely N-dealkylation sites (tertiary alicyclic amines) is 1. The number of nitrogens with zero attached hydrogens (tertiary/aromatic N) is 2. The Labute approximate surface area is 239 Å². The van der Waals surface area contributed by atoms with Gasteiger partial charge in [0.25, 0.3) is 0 Å². The number of carbonyl (C=O) groups excluding carboxylic acids is 4. The number of benzene rings is 1. The van der Waals surface area contributed by atoms with Crippen LogP contribution in [0.25, 0.3) is 10.4 Å². The van der Waals surface area contributed by atoms with Gasteiger partial charge in [0.15, 0.2) is 0 Å². The van der Waals surface area contributed by atoms with E-state index in [4.69, 9.17) is 11.5 Å². The van der Waals surface area contributed by atoms with Crippen molar-refractivity contribution < 1.29 is 24.3 Å². The quantitative estimate of drug-likeness (QED) is 0.285. The number of nitrogens with two attached hydrogens (primary N) is 2. The van der Waals surface area contributed by atoms with E-state index in [1.165, 1.54) is 4.90 Å². The Kier molecular flexibility index (Phi) is 10.4. The zero-order valence-corrected chi connectivity index (χ0v) is 24.5. The Hall–Kier alpha value is -3.31. The van der Waals surface area contributed by atoms with Gasteiger partial charge in [0.2, 0.25) is 23.6 Å². The molecular formula is C29H41N5O5S. The number of thiazole rings is 1. The average Bonchev–Trinajstić information content (AvgIpc) is 3.48. The molecule has 1 aromatic carbocycles. The number of rotatable bonds is 12. The first kappa shape index (κ1) is 31.2. The van der Waals surface area contributed by atoms with E-state index in [1.807, 2.05) is 57.5 Å². The maximum Gasteiger partial charge on any atom is 0.243 e. The Bertz CT molecular complexity index is 1210. The smallest absolute Gasteiger partial charge is 0.243 e. The molecule has 4 atom stereocenters. The largest absolute Gasteiger partial charge is 0.391 e. The van der Waals surface area contributed by atoms with Crippen molar-refractivity contribution in [1.29, 1.82) is 0 Å². The lowest BCUT2D eigenvalue weighted by molar-refractivity contribution is -0.149. The number of β-amino-alcohol motifs (C(OH)–C–C–N with tert-alkyl or cyclic N) is 1. The van der Waals surface area contributed by atoms with Crippen LogP contribution < -0.4 is 16.8 Å². The summed E-state index contributed by atoms with van der Waals surface area (Å²) in [7, 11) is 0. The molecule has 6 N–H and O–H groups in total. The summed E-state index contributed by atoms with van der Waals surface area (Å²) in [6.07, 6.45) is 0.753. The molecule has 1 aliphatic heterocycles. The van der Waals surface area contributed by atoms with Crippen LogP contribution in [0.1, 0.15) is 64.1 Å². The Morgan fingerprint density at radius 1 is 1.15 bits per heavy atom. The normalized spacial score (nSPS) is 18.8. The first-order valence-corrected chi connectivity index (χ1v) is 14.5. The molecule has 1 saturated heterocycles. The number of nitrogens with one attached hydrogen (secondary N) is 1. The lowest BCUT2D eigenvalue weighted by Gasteiger charge is -2.38. The number of aryl methyl sites for hydroxylation is 1. The first-order valence-electron chi connectivity index (χ1n) is 13.6. The molecule has 2 aromatic rings. The van der Waals surface area contributed by atoms with E-state index in [0.29, 0.717) is 19.3 Å². The number of hydrogen-bond acceptors (Lipinski definition) is 7. The van der Waals surface area contributed by atoms with E-state index < -0.39 is 41.2 Å². The molecule has 218 valence electrons.